The minimum absolute atomic E-state index is 0. The van der Waals surface area contributed by atoms with Crippen LogP contribution in [0.2, 0.25) is 0 Å². The summed E-state index contributed by atoms with van der Waals surface area (Å²) in [5.74, 6) is 1.32. The molecular formula is C11H19Cl2N3O. The van der Waals surface area contributed by atoms with Crippen molar-refractivity contribution in [2.24, 2.45) is 0 Å². The van der Waals surface area contributed by atoms with Gasteiger partial charge in [-0.05, 0) is 25.5 Å². The Balaban J connectivity index is 0.00000128. The van der Waals surface area contributed by atoms with E-state index in [1.807, 2.05) is 12.3 Å². The van der Waals surface area contributed by atoms with Gasteiger partial charge in [-0.3, -0.25) is 0 Å². The first-order chi connectivity index (χ1) is 7.40. The summed E-state index contributed by atoms with van der Waals surface area (Å²) >= 11 is 0. The molecule has 0 spiro atoms. The number of methoxy groups -OCH3 is 1. The van der Waals surface area contributed by atoms with E-state index in [2.05, 4.69) is 15.3 Å². The van der Waals surface area contributed by atoms with E-state index >= 15 is 0 Å². The van der Waals surface area contributed by atoms with Crippen molar-refractivity contribution in [3.05, 3.63) is 23.8 Å². The molecule has 0 aromatic carbocycles. The second-order valence-electron chi connectivity index (χ2n) is 3.87. The Labute approximate surface area is 114 Å². The van der Waals surface area contributed by atoms with Crippen molar-refractivity contribution >= 4 is 24.8 Å². The van der Waals surface area contributed by atoms with Gasteiger partial charge in [0.25, 0.3) is 0 Å². The predicted molar refractivity (Wildman–Crippen MR) is 72.1 cm³/mol. The van der Waals surface area contributed by atoms with Crippen LogP contribution in [0.15, 0.2) is 12.3 Å². The lowest BCUT2D eigenvalue weighted by molar-refractivity contribution is 0.177. The highest BCUT2D eigenvalue weighted by Gasteiger charge is 2.16. The van der Waals surface area contributed by atoms with E-state index in [4.69, 9.17) is 4.74 Å². The summed E-state index contributed by atoms with van der Waals surface area (Å²) in [7, 11) is 1.66. The predicted octanol–water partition coefficient (Wildman–Crippen LogP) is 1.93. The zero-order valence-electron chi connectivity index (χ0n) is 9.89. The minimum atomic E-state index is 0. The summed E-state index contributed by atoms with van der Waals surface area (Å²) in [6.07, 6.45) is 4.27. The maximum Gasteiger partial charge on any atom is 0.154 e. The molecule has 17 heavy (non-hydrogen) atoms. The highest BCUT2D eigenvalue weighted by atomic mass is 35.5. The molecule has 2 heterocycles. The summed E-state index contributed by atoms with van der Waals surface area (Å²) in [6, 6.07) is 2.01. The van der Waals surface area contributed by atoms with Crippen LogP contribution in [0, 0.1) is 0 Å². The first-order valence-corrected chi connectivity index (χ1v) is 5.41. The average Bonchev–Trinajstić information content (AvgIpc) is 2.31. The molecule has 0 bridgehead atoms. The molecule has 1 unspecified atom stereocenters. The molecule has 1 fully saturated rings. The van der Waals surface area contributed by atoms with Crippen LogP contribution in [-0.2, 0) is 11.3 Å². The minimum Gasteiger partial charge on any atom is -0.377 e. The number of halogens is 2. The first kappa shape index (κ1) is 16.6. The number of piperidine rings is 1. The van der Waals surface area contributed by atoms with Gasteiger partial charge in [0.2, 0.25) is 0 Å². The van der Waals surface area contributed by atoms with Crippen LogP contribution < -0.4 is 5.32 Å². The molecule has 2 rings (SSSR count). The molecule has 0 amide bonds. The fourth-order valence-electron chi connectivity index (χ4n) is 1.95. The van der Waals surface area contributed by atoms with Crippen molar-refractivity contribution < 1.29 is 4.74 Å². The summed E-state index contributed by atoms with van der Waals surface area (Å²) in [4.78, 5) is 8.68. The van der Waals surface area contributed by atoms with Gasteiger partial charge >= 0.3 is 0 Å². The number of nitrogens with one attached hydrogen (secondary N) is 1. The molecule has 1 atom stereocenters. The van der Waals surface area contributed by atoms with Gasteiger partial charge in [-0.15, -0.1) is 24.8 Å². The van der Waals surface area contributed by atoms with E-state index in [0.29, 0.717) is 12.5 Å². The first-order valence-electron chi connectivity index (χ1n) is 5.41. The topological polar surface area (TPSA) is 47.0 Å². The van der Waals surface area contributed by atoms with Crippen LogP contribution in [0.25, 0.3) is 0 Å². The number of rotatable bonds is 3. The lowest BCUT2D eigenvalue weighted by Crippen LogP contribution is -2.29. The van der Waals surface area contributed by atoms with Crippen molar-refractivity contribution in [1.82, 2.24) is 15.3 Å². The lowest BCUT2D eigenvalue weighted by atomic mass is 9.96. The van der Waals surface area contributed by atoms with Crippen molar-refractivity contribution in [1.29, 1.82) is 0 Å². The molecular weight excluding hydrogens is 261 g/mol. The van der Waals surface area contributed by atoms with Crippen molar-refractivity contribution in [3.63, 3.8) is 0 Å². The quantitative estimate of drug-likeness (QED) is 0.919. The van der Waals surface area contributed by atoms with E-state index in [1.165, 1.54) is 12.8 Å². The highest BCUT2D eigenvalue weighted by molar-refractivity contribution is 5.85. The smallest absolute Gasteiger partial charge is 0.154 e. The summed E-state index contributed by atoms with van der Waals surface area (Å²) < 4.78 is 5.03. The normalized spacial score (nSPS) is 19.0. The monoisotopic (exact) mass is 279 g/mol. The van der Waals surface area contributed by atoms with E-state index in [9.17, 15) is 0 Å². The van der Waals surface area contributed by atoms with Crippen molar-refractivity contribution in [2.75, 3.05) is 20.2 Å². The molecule has 0 saturated carbocycles. The van der Waals surface area contributed by atoms with Gasteiger partial charge < -0.3 is 10.1 Å². The van der Waals surface area contributed by atoms with E-state index < -0.39 is 0 Å². The molecule has 1 N–H and O–H groups in total. The third-order valence-corrected chi connectivity index (χ3v) is 2.72. The Morgan fingerprint density at radius 1 is 1.47 bits per heavy atom. The Kier molecular flexibility index (Phi) is 8.43. The molecule has 6 heteroatoms. The Morgan fingerprint density at radius 2 is 2.29 bits per heavy atom. The number of nitrogens with zero attached hydrogens (tertiary/aromatic N) is 2. The van der Waals surface area contributed by atoms with E-state index in [-0.39, 0.29) is 24.8 Å². The van der Waals surface area contributed by atoms with Gasteiger partial charge in [-0.1, -0.05) is 0 Å². The Morgan fingerprint density at radius 3 is 2.94 bits per heavy atom. The van der Waals surface area contributed by atoms with E-state index in [1.54, 1.807) is 7.11 Å². The molecule has 1 saturated heterocycles. The second-order valence-corrected chi connectivity index (χ2v) is 3.87. The van der Waals surface area contributed by atoms with Crippen LogP contribution in [-0.4, -0.2) is 30.2 Å². The standard InChI is InChI=1S/C11H17N3O.2ClH/c1-15-8-11-13-6-4-10(14-11)9-3-2-5-12-7-9;;/h4,6,9,12H,2-3,5,7-8H2,1H3;2*1H. The molecule has 1 aromatic rings. The molecule has 1 aromatic heterocycles. The molecule has 4 nitrogen and oxygen atoms in total. The molecule has 1 aliphatic rings. The third-order valence-electron chi connectivity index (χ3n) is 2.72. The van der Waals surface area contributed by atoms with Crippen LogP contribution in [0.5, 0.6) is 0 Å². The van der Waals surface area contributed by atoms with Crippen molar-refractivity contribution in [2.45, 2.75) is 25.4 Å². The third kappa shape index (κ3) is 4.76. The van der Waals surface area contributed by atoms with Crippen LogP contribution in [0.1, 0.15) is 30.3 Å². The fourth-order valence-corrected chi connectivity index (χ4v) is 1.95. The highest BCUT2D eigenvalue weighted by Crippen LogP contribution is 2.20. The lowest BCUT2D eigenvalue weighted by Gasteiger charge is -2.22. The fraction of sp³-hybridized carbons (Fsp3) is 0.636. The Bertz CT molecular complexity index is 319. The number of hydrogen-bond acceptors (Lipinski definition) is 4. The van der Waals surface area contributed by atoms with Gasteiger partial charge in [0.15, 0.2) is 5.82 Å². The van der Waals surface area contributed by atoms with Gasteiger partial charge in [-0.2, -0.15) is 0 Å². The SMILES string of the molecule is COCc1nccc(C2CCCNC2)n1.Cl.Cl. The van der Waals surface area contributed by atoms with E-state index in [0.717, 1.165) is 24.6 Å². The van der Waals surface area contributed by atoms with Crippen LogP contribution in [0.3, 0.4) is 0 Å². The molecule has 98 valence electrons. The van der Waals surface area contributed by atoms with Crippen LogP contribution in [0.4, 0.5) is 0 Å². The maximum absolute atomic E-state index is 5.03. The largest absolute Gasteiger partial charge is 0.377 e. The summed E-state index contributed by atoms with van der Waals surface area (Å²) in [5.41, 5.74) is 1.14. The number of ether oxygens (including phenoxy) is 1. The second kappa shape index (κ2) is 8.64. The van der Waals surface area contributed by atoms with Gasteiger partial charge in [-0.25, -0.2) is 9.97 Å². The zero-order chi connectivity index (χ0) is 10.5. The summed E-state index contributed by atoms with van der Waals surface area (Å²) in [5, 5.41) is 3.39. The van der Waals surface area contributed by atoms with Crippen molar-refractivity contribution in [3.8, 4) is 0 Å². The summed E-state index contributed by atoms with van der Waals surface area (Å²) in [6.45, 7) is 2.66. The number of aromatic nitrogens is 2. The van der Waals surface area contributed by atoms with Gasteiger partial charge in [0, 0.05) is 31.5 Å². The molecule has 0 aliphatic carbocycles. The Hall–Kier alpha value is -0.420. The number of hydrogen-bond donors (Lipinski definition) is 1. The van der Waals surface area contributed by atoms with Gasteiger partial charge in [0.05, 0.1) is 0 Å². The maximum atomic E-state index is 5.03. The van der Waals surface area contributed by atoms with Gasteiger partial charge in [0.1, 0.15) is 6.61 Å². The van der Waals surface area contributed by atoms with Crippen LogP contribution >= 0.6 is 24.8 Å². The zero-order valence-corrected chi connectivity index (χ0v) is 11.5. The molecule has 1 aliphatic heterocycles. The molecule has 0 radical (unpaired) electrons. The average molecular weight is 280 g/mol.